The lowest BCUT2D eigenvalue weighted by atomic mass is 10.1. The molecule has 0 bridgehead atoms. The highest BCUT2D eigenvalue weighted by Gasteiger charge is 2.14. The summed E-state index contributed by atoms with van der Waals surface area (Å²) in [6.45, 7) is 2.40. The monoisotopic (exact) mass is 463 g/mol. The van der Waals surface area contributed by atoms with Crippen LogP contribution in [0.2, 0.25) is 0 Å². The Labute approximate surface area is 203 Å². The van der Waals surface area contributed by atoms with E-state index in [1.54, 1.807) is 0 Å². The molecule has 0 saturated carbocycles. The van der Waals surface area contributed by atoms with Gasteiger partial charge in [0, 0.05) is 42.3 Å². The van der Waals surface area contributed by atoms with Crippen LogP contribution in [0.5, 0.6) is 0 Å². The van der Waals surface area contributed by atoms with E-state index < -0.39 is 0 Å². The second-order valence-electron chi connectivity index (χ2n) is 8.30. The zero-order valence-corrected chi connectivity index (χ0v) is 19.4. The summed E-state index contributed by atoms with van der Waals surface area (Å²) in [7, 11) is 0. The van der Waals surface area contributed by atoms with Crippen molar-refractivity contribution in [2.24, 2.45) is 0 Å². The van der Waals surface area contributed by atoms with Crippen LogP contribution in [-0.4, -0.2) is 25.8 Å². The lowest BCUT2D eigenvalue weighted by Crippen LogP contribution is -2.23. The smallest absolute Gasteiger partial charge is 0.227 e. The molecule has 2 aromatic heterocycles. The number of carbonyl (C=O) groups excluding carboxylic acids is 1. The number of rotatable bonds is 8. The van der Waals surface area contributed by atoms with Gasteiger partial charge in [0.2, 0.25) is 17.6 Å². The summed E-state index contributed by atoms with van der Waals surface area (Å²) in [5, 5.41) is 11.8. The highest BCUT2D eigenvalue weighted by Crippen LogP contribution is 2.23. The summed E-state index contributed by atoms with van der Waals surface area (Å²) in [6.07, 6.45) is 2.59. The van der Waals surface area contributed by atoms with E-state index in [0.29, 0.717) is 24.7 Å². The number of para-hydroxylation sites is 1. The van der Waals surface area contributed by atoms with Crippen molar-refractivity contribution in [3.05, 3.63) is 108 Å². The number of hydrogen-bond acceptors (Lipinski definition) is 5. The van der Waals surface area contributed by atoms with Crippen LogP contribution in [0.25, 0.3) is 28.3 Å². The lowest BCUT2D eigenvalue weighted by molar-refractivity contribution is -0.121. The van der Waals surface area contributed by atoms with Crippen molar-refractivity contribution in [2.75, 3.05) is 0 Å². The van der Waals surface area contributed by atoms with Crippen molar-refractivity contribution < 1.29 is 9.32 Å². The third-order valence-corrected chi connectivity index (χ3v) is 5.68. The molecule has 0 radical (unpaired) electrons. The minimum absolute atomic E-state index is 0.0911. The van der Waals surface area contributed by atoms with Crippen molar-refractivity contribution in [3.8, 4) is 28.3 Å². The van der Waals surface area contributed by atoms with E-state index in [4.69, 9.17) is 9.62 Å². The third-order valence-electron chi connectivity index (χ3n) is 5.68. The zero-order valence-electron chi connectivity index (χ0n) is 19.4. The fourth-order valence-corrected chi connectivity index (χ4v) is 3.77. The van der Waals surface area contributed by atoms with Crippen molar-refractivity contribution in [1.82, 2.24) is 25.2 Å². The fourth-order valence-electron chi connectivity index (χ4n) is 3.77. The quantitative estimate of drug-likeness (QED) is 0.344. The molecule has 0 saturated heterocycles. The first-order valence-corrected chi connectivity index (χ1v) is 11.5. The number of hydrogen-bond donors (Lipinski definition) is 1. The van der Waals surface area contributed by atoms with Gasteiger partial charge in [0.05, 0.1) is 11.4 Å². The highest BCUT2D eigenvalue weighted by molar-refractivity contribution is 5.76. The molecular formula is C28H25N5O2. The maximum Gasteiger partial charge on any atom is 0.227 e. The van der Waals surface area contributed by atoms with Crippen molar-refractivity contribution in [1.29, 1.82) is 0 Å². The molecule has 0 unspecified atom stereocenters. The molecule has 1 amide bonds. The van der Waals surface area contributed by atoms with E-state index in [9.17, 15) is 4.79 Å². The van der Waals surface area contributed by atoms with E-state index in [-0.39, 0.29) is 12.3 Å². The molecule has 1 N–H and O–H groups in total. The molecule has 174 valence electrons. The molecule has 7 nitrogen and oxygen atoms in total. The van der Waals surface area contributed by atoms with Crippen LogP contribution in [0.4, 0.5) is 0 Å². The first-order chi connectivity index (χ1) is 17.2. The zero-order chi connectivity index (χ0) is 24.0. The lowest BCUT2D eigenvalue weighted by Gasteiger charge is -2.05. The van der Waals surface area contributed by atoms with Gasteiger partial charge >= 0.3 is 0 Å². The average molecular weight is 464 g/mol. The maximum absolute atomic E-state index is 12.6. The maximum atomic E-state index is 12.6. The van der Waals surface area contributed by atoms with Gasteiger partial charge in [-0.3, -0.25) is 4.79 Å². The Morgan fingerprint density at radius 2 is 1.63 bits per heavy atom. The van der Waals surface area contributed by atoms with Crippen molar-refractivity contribution in [2.45, 2.75) is 26.3 Å². The van der Waals surface area contributed by atoms with Crippen LogP contribution >= 0.6 is 0 Å². The number of nitrogens with zero attached hydrogens (tertiary/aromatic N) is 4. The van der Waals surface area contributed by atoms with E-state index in [1.807, 2.05) is 103 Å². The summed E-state index contributed by atoms with van der Waals surface area (Å²) in [5.41, 5.74) is 5.80. The number of carbonyl (C=O) groups is 1. The van der Waals surface area contributed by atoms with Crippen molar-refractivity contribution in [3.63, 3.8) is 0 Å². The van der Waals surface area contributed by atoms with Gasteiger partial charge in [0.15, 0.2) is 0 Å². The second kappa shape index (κ2) is 10.2. The molecule has 0 aliphatic rings. The standard InChI is InChI=1S/C28H25N5O2/c1-20-12-14-22(15-13-20)28-30-26(35-32-28)17-16-25(34)29-18-23-19-33(24-10-6-3-7-11-24)31-27(23)21-8-4-2-5-9-21/h2-15,19H,16-18H2,1H3,(H,29,34). The summed E-state index contributed by atoms with van der Waals surface area (Å²) in [5.74, 6) is 0.880. The SMILES string of the molecule is Cc1ccc(-c2noc(CCC(=O)NCc3cn(-c4ccccc4)nc3-c3ccccc3)n2)cc1. The summed E-state index contributed by atoms with van der Waals surface area (Å²) in [4.78, 5) is 17.0. The highest BCUT2D eigenvalue weighted by atomic mass is 16.5. The largest absolute Gasteiger partial charge is 0.352 e. The Morgan fingerprint density at radius 3 is 2.37 bits per heavy atom. The minimum atomic E-state index is -0.0911. The minimum Gasteiger partial charge on any atom is -0.352 e. The van der Waals surface area contributed by atoms with Gasteiger partial charge in [-0.1, -0.05) is 83.5 Å². The van der Waals surface area contributed by atoms with Crippen LogP contribution in [-0.2, 0) is 17.8 Å². The van der Waals surface area contributed by atoms with Crippen LogP contribution < -0.4 is 5.32 Å². The molecule has 0 aliphatic heterocycles. The molecule has 5 rings (SSSR count). The van der Waals surface area contributed by atoms with E-state index in [1.165, 1.54) is 5.56 Å². The molecule has 0 fully saturated rings. The topological polar surface area (TPSA) is 85.8 Å². The van der Waals surface area contributed by atoms with Gasteiger partial charge in [-0.05, 0) is 19.1 Å². The molecule has 7 heteroatoms. The predicted octanol–water partition coefficient (Wildman–Crippen LogP) is 5.15. The number of nitrogens with one attached hydrogen (secondary N) is 1. The van der Waals surface area contributed by atoms with Crippen LogP contribution in [0.15, 0.2) is 95.6 Å². The van der Waals surface area contributed by atoms with E-state index in [0.717, 1.165) is 28.1 Å². The van der Waals surface area contributed by atoms with Gasteiger partial charge in [-0.25, -0.2) is 4.68 Å². The normalized spacial score (nSPS) is 10.9. The van der Waals surface area contributed by atoms with Crippen molar-refractivity contribution >= 4 is 5.91 Å². The Hall–Kier alpha value is -4.52. The molecular weight excluding hydrogens is 438 g/mol. The van der Waals surface area contributed by atoms with Gasteiger partial charge in [0.25, 0.3) is 0 Å². The van der Waals surface area contributed by atoms with E-state index >= 15 is 0 Å². The Bertz CT molecular complexity index is 1410. The molecule has 35 heavy (non-hydrogen) atoms. The van der Waals surface area contributed by atoms with Gasteiger partial charge in [-0.2, -0.15) is 10.1 Å². The van der Waals surface area contributed by atoms with E-state index in [2.05, 4.69) is 15.5 Å². The Morgan fingerprint density at radius 1 is 0.914 bits per heavy atom. The Kier molecular flexibility index (Phi) is 6.48. The first kappa shape index (κ1) is 22.3. The van der Waals surface area contributed by atoms with Crippen LogP contribution in [0.3, 0.4) is 0 Å². The molecule has 0 aliphatic carbocycles. The third kappa shape index (κ3) is 5.35. The number of aryl methyl sites for hydroxylation is 2. The molecule has 2 heterocycles. The summed E-state index contributed by atoms with van der Waals surface area (Å²) >= 11 is 0. The molecule has 5 aromatic rings. The van der Waals surface area contributed by atoms with Crippen LogP contribution in [0, 0.1) is 6.92 Å². The van der Waals surface area contributed by atoms with Crippen LogP contribution in [0.1, 0.15) is 23.4 Å². The first-order valence-electron chi connectivity index (χ1n) is 11.5. The molecule has 0 atom stereocenters. The van der Waals surface area contributed by atoms with Gasteiger partial charge < -0.3 is 9.84 Å². The summed E-state index contributed by atoms with van der Waals surface area (Å²) < 4.78 is 7.18. The number of amides is 1. The predicted molar refractivity (Wildman–Crippen MR) is 134 cm³/mol. The number of benzene rings is 3. The molecule has 0 spiro atoms. The average Bonchev–Trinajstić information content (AvgIpc) is 3.55. The summed E-state index contributed by atoms with van der Waals surface area (Å²) in [6, 6.07) is 27.8. The Balaban J connectivity index is 1.24. The van der Waals surface area contributed by atoms with Gasteiger partial charge in [-0.15, -0.1) is 0 Å². The number of aromatic nitrogens is 4. The second-order valence-corrected chi connectivity index (χ2v) is 8.30. The van der Waals surface area contributed by atoms with Gasteiger partial charge in [0.1, 0.15) is 0 Å². The molecule has 3 aromatic carbocycles. The fraction of sp³-hybridized carbons (Fsp3) is 0.143.